The van der Waals surface area contributed by atoms with Crippen molar-refractivity contribution in [2.75, 3.05) is 11.5 Å². The molecule has 1 aromatic heterocycles. The molecule has 0 aliphatic carbocycles. The van der Waals surface area contributed by atoms with Crippen molar-refractivity contribution in [2.45, 2.75) is 18.9 Å². The van der Waals surface area contributed by atoms with Gasteiger partial charge in [0.25, 0.3) is 11.6 Å². The zero-order valence-electron chi connectivity index (χ0n) is 10.8. The van der Waals surface area contributed by atoms with E-state index in [1.807, 2.05) is 0 Å². The lowest BCUT2D eigenvalue weighted by molar-refractivity contribution is -0.385. The van der Waals surface area contributed by atoms with Gasteiger partial charge in [-0.2, -0.15) is 0 Å². The number of pyridine rings is 1. The molecule has 1 aromatic rings. The van der Waals surface area contributed by atoms with Gasteiger partial charge in [0.15, 0.2) is 0 Å². The second-order valence-corrected chi connectivity index (χ2v) is 7.35. The molecule has 1 aliphatic rings. The van der Waals surface area contributed by atoms with Gasteiger partial charge in [-0.25, -0.2) is 13.4 Å². The number of carbonyl (C=O) groups excluding carboxylic acids is 1. The van der Waals surface area contributed by atoms with Gasteiger partial charge in [0.2, 0.25) is 0 Å². The number of hydrogen-bond donors (Lipinski definition) is 1. The molecule has 21 heavy (non-hydrogen) atoms. The Hall–Kier alpha value is -1.74. The number of halogens is 1. The van der Waals surface area contributed by atoms with E-state index in [2.05, 4.69) is 10.3 Å². The third kappa shape index (κ3) is 3.88. The van der Waals surface area contributed by atoms with Crippen LogP contribution >= 0.6 is 11.6 Å². The van der Waals surface area contributed by atoms with Gasteiger partial charge in [-0.05, 0) is 12.8 Å². The summed E-state index contributed by atoms with van der Waals surface area (Å²) >= 11 is 5.77. The number of sulfone groups is 1. The van der Waals surface area contributed by atoms with Crippen LogP contribution in [0.5, 0.6) is 0 Å². The quantitative estimate of drug-likeness (QED) is 0.499. The zero-order chi connectivity index (χ0) is 15.6. The number of nitrogens with one attached hydrogen (secondary N) is 1. The van der Waals surface area contributed by atoms with Crippen LogP contribution in [0.3, 0.4) is 0 Å². The summed E-state index contributed by atoms with van der Waals surface area (Å²) < 4.78 is 22.6. The van der Waals surface area contributed by atoms with Gasteiger partial charge < -0.3 is 5.32 Å². The van der Waals surface area contributed by atoms with Crippen molar-refractivity contribution in [2.24, 2.45) is 0 Å². The summed E-state index contributed by atoms with van der Waals surface area (Å²) in [5.41, 5.74) is -0.435. The predicted molar refractivity (Wildman–Crippen MR) is 75.0 cm³/mol. The van der Waals surface area contributed by atoms with E-state index in [0.717, 1.165) is 12.3 Å². The second kappa shape index (κ2) is 5.94. The van der Waals surface area contributed by atoms with Crippen molar-refractivity contribution in [1.82, 2.24) is 10.3 Å². The van der Waals surface area contributed by atoms with Crippen LogP contribution in [0.2, 0.25) is 5.15 Å². The summed E-state index contributed by atoms with van der Waals surface area (Å²) in [5.74, 6) is -0.571. The number of hydrogen-bond acceptors (Lipinski definition) is 6. The minimum absolute atomic E-state index is 0.0128. The van der Waals surface area contributed by atoms with Crippen LogP contribution < -0.4 is 5.32 Å². The monoisotopic (exact) mass is 333 g/mol. The Bertz CT molecular complexity index is 677. The van der Waals surface area contributed by atoms with Gasteiger partial charge >= 0.3 is 0 Å². The number of nitrogens with zero attached hydrogens (tertiary/aromatic N) is 2. The first-order valence-corrected chi connectivity index (χ1v) is 8.29. The van der Waals surface area contributed by atoms with E-state index in [1.165, 1.54) is 0 Å². The summed E-state index contributed by atoms with van der Waals surface area (Å²) in [5, 5.41) is 13.2. The number of carbonyl (C=O) groups is 1. The van der Waals surface area contributed by atoms with Crippen molar-refractivity contribution in [3.63, 3.8) is 0 Å². The van der Waals surface area contributed by atoms with Crippen molar-refractivity contribution < 1.29 is 18.1 Å². The Morgan fingerprint density at radius 2 is 2.05 bits per heavy atom. The van der Waals surface area contributed by atoms with Crippen LogP contribution in [0.1, 0.15) is 23.2 Å². The fourth-order valence-electron chi connectivity index (χ4n) is 1.99. The molecule has 1 aliphatic heterocycles. The molecule has 10 heteroatoms. The van der Waals surface area contributed by atoms with Crippen LogP contribution in [0.25, 0.3) is 0 Å². The Kier molecular flexibility index (Phi) is 4.43. The van der Waals surface area contributed by atoms with Crippen LogP contribution in [0.15, 0.2) is 12.3 Å². The van der Waals surface area contributed by atoms with Crippen LogP contribution in [-0.2, 0) is 9.84 Å². The minimum atomic E-state index is -3.02. The number of nitro groups is 1. The van der Waals surface area contributed by atoms with E-state index in [0.29, 0.717) is 12.8 Å². The molecule has 1 N–H and O–H groups in total. The van der Waals surface area contributed by atoms with E-state index in [-0.39, 0.29) is 34.0 Å². The van der Waals surface area contributed by atoms with Gasteiger partial charge in [-0.15, -0.1) is 0 Å². The fourth-order valence-corrected chi connectivity index (χ4v) is 3.67. The van der Waals surface area contributed by atoms with Crippen molar-refractivity contribution >= 4 is 33.0 Å². The molecule has 0 aromatic carbocycles. The highest BCUT2D eigenvalue weighted by molar-refractivity contribution is 7.91. The van der Waals surface area contributed by atoms with Crippen molar-refractivity contribution in [3.05, 3.63) is 33.1 Å². The first-order valence-electron chi connectivity index (χ1n) is 6.10. The highest BCUT2D eigenvalue weighted by atomic mass is 35.5. The molecule has 8 nitrogen and oxygen atoms in total. The lowest BCUT2D eigenvalue weighted by Crippen LogP contribution is -2.41. The predicted octanol–water partition coefficient (Wildman–Crippen LogP) is 0.950. The van der Waals surface area contributed by atoms with E-state index in [4.69, 9.17) is 11.6 Å². The van der Waals surface area contributed by atoms with Crippen molar-refractivity contribution in [1.29, 1.82) is 0 Å². The van der Waals surface area contributed by atoms with E-state index in [9.17, 15) is 23.3 Å². The maximum Gasteiger partial charge on any atom is 0.288 e. The normalized spacial score (nSPS) is 18.1. The lowest BCUT2D eigenvalue weighted by Gasteiger charge is -2.23. The molecule has 1 saturated heterocycles. The molecule has 114 valence electrons. The maximum absolute atomic E-state index is 12.1. The Balaban J connectivity index is 2.10. The molecule has 0 atom stereocenters. The molecule has 1 amide bonds. The van der Waals surface area contributed by atoms with Gasteiger partial charge in [0, 0.05) is 12.1 Å². The largest absolute Gasteiger partial charge is 0.349 e. The maximum atomic E-state index is 12.1. The van der Waals surface area contributed by atoms with Gasteiger partial charge in [0.05, 0.1) is 22.0 Å². The average Bonchev–Trinajstić information content (AvgIpc) is 2.41. The minimum Gasteiger partial charge on any atom is -0.349 e. The van der Waals surface area contributed by atoms with E-state index >= 15 is 0 Å². The lowest BCUT2D eigenvalue weighted by atomic mass is 10.1. The van der Waals surface area contributed by atoms with Gasteiger partial charge in [-0.1, -0.05) is 11.6 Å². The molecular weight excluding hydrogens is 322 g/mol. The van der Waals surface area contributed by atoms with Crippen LogP contribution in [0, 0.1) is 10.1 Å². The topological polar surface area (TPSA) is 119 Å². The summed E-state index contributed by atoms with van der Waals surface area (Å²) in [6.07, 6.45) is 1.59. The molecule has 0 bridgehead atoms. The van der Waals surface area contributed by atoms with E-state index in [1.54, 1.807) is 0 Å². The third-order valence-corrected chi connectivity index (χ3v) is 5.19. The zero-order valence-corrected chi connectivity index (χ0v) is 12.4. The smallest absolute Gasteiger partial charge is 0.288 e. The summed E-state index contributed by atoms with van der Waals surface area (Å²) in [6, 6.07) is 0.751. The summed E-state index contributed by atoms with van der Waals surface area (Å²) in [6.45, 7) is 0. The molecule has 0 radical (unpaired) electrons. The first-order chi connectivity index (χ1) is 9.78. The molecule has 2 heterocycles. The summed E-state index contributed by atoms with van der Waals surface area (Å²) in [4.78, 5) is 25.7. The Morgan fingerprint density at radius 1 is 1.43 bits per heavy atom. The second-order valence-electron chi connectivity index (χ2n) is 4.69. The number of amides is 1. The molecule has 0 unspecified atom stereocenters. The molecule has 2 rings (SSSR count). The van der Waals surface area contributed by atoms with Gasteiger partial charge in [0.1, 0.15) is 21.2 Å². The molecule has 0 saturated carbocycles. The van der Waals surface area contributed by atoms with Crippen LogP contribution in [-0.4, -0.2) is 41.8 Å². The third-order valence-electron chi connectivity index (χ3n) is 3.17. The highest BCUT2D eigenvalue weighted by Gasteiger charge is 2.26. The molecule has 1 fully saturated rings. The van der Waals surface area contributed by atoms with Crippen LogP contribution in [0.4, 0.5) is 5.69 Å². The van der Waals surface area contributed by atoms with Gasteiger partial charge in [-0.3, -0.25) is 14.9 Å². The number of aromatic nitrogens is 1. The highest BCUT2D eigenvalue weighted by Crippen LogP contribution is 2.20. The van der Waals surface area contributed by atoms with E-state index < -0.39 is 20.7 Å². The summed E-state index contributed by atoms with van der Waals surface area (Å²) in [7, 11) is -3.02. The SMILES string of the molecule is O=C(NC1CCS(=O)(=O)CC1)c1cc([N+](=O)[O-])cnc1Cl. The Labute approximate surface area is 125 Å². The number of rotatable bonds is 3. The average molecular weight is 334 g/mol. The standard InChI is InChI=1S/C11H12ClN3O5S/c12-10-9(5-8(6-13-10)15(17)18)11(16)14-7-1-3-21(19,20)4-2-7/h5-7H,1-4H2,(H,14,16). The van der Waals surface area contributed by atoms with Crippen molar-refractivity contribution in [3.8, 4) is 0 Å². The Morgan fingerprint density at radius 3 is 2.62 bits per heavy atom. The first kappa shape index (κ1) is 15.6. The molecular formula is C11H12ClN3O5S. The fraction of sp³-hybridized carbons (Fsp3) is 0.455. The molecule has 0 spiro atoms.